The first-order valence-electron chi connectivity index (χ1n) is 15.1. The van der Waals surface area contributed by atoms with Crippen LogP contribution in [-0.2, 0) is 6.54 Å². The van der Waals surface area contributed by atoms with Gasteiger partial charge in [0.2, 0.25) is 5.01 Å². The largest absolute Gasteiger partial charge is 1.00 e. The molecule has 0 fully saturated rings. The van der Waals surface area contributed by atoms with Crippen molar-refractivity contribution in [1.29, 1.82) is 0 Å². The van der Waals surface area contributed by atoms with E-state index in [0.29, 0.717) is 29.2 Å². The summed E-state index contributed by atoms with van der Waals surface area (Å²) in [7, 11) is 0. The van der Waals surface area contributed by atoms with Crippen molar-refractivity contribution >= 4 is 28.7 Å². The summed E-state index contributed by atoms with van der Waals surface area (Å²) in [6.45, 7) is 7.19. The van der Waals surface area contributed by atoms with Gasteiger partial charge in [-0.05, 0) is 37.6 Å². The standard InChI is InChI=1S/C34H46N2O3S.BrH/c1-4-5-6-7-8-9-10-11-12-13-14-15-24-39-33-31(27(2)37)17-16-18-32(33)35-34(38)30-21-19-29(20-22-30)26-36-23-25-40-28(36)3;/h16-23,25H,4-15,24,26H2,1-3H3;1H. The van der Waals surface area contributed by atoms with Crippen molar-refractivity contribution in [3.05, 3.63) is 75.7 Å². The van der Waals surface area contributed by atoms with Crippen LogP contribution in [0.25, 0.3) is 0 Å². The molecule has 2 aromatic carbocycles. The summed E-state index contributed by atoms with van der Waals surface area (Å²) in [5.74, 6) is 0.167. The third-order valence-electron chi connectivity index (χ3n) is 7.34. The predicted octanol–water partition coefficient (Wildman–Crippen LogP) is 5.93. The number of Topliss-reactive ketones (excluding diaryl/α,β-unsaturated/α-hetero) is 1. The highest BCUT2D eigenvalue weighted by Crippen LogP contribution is 2.30. The van der Waals surface area contributed by atoms with Crippen molar-refractivity contribution in [2.75, 3.05) is 11.9 Å². The normalized spacial score (nSPS) is 10.7. The van der Waals surface area contributed by atoms with Crippen LogP contribution in [-0.4, -0.2) is 18.3 Å². The van der Waals surface area contributed by atoms with Crippen LogP contribution in [0.2, 0.25) is 0 Å². The molecule has 0 spiro atoms. The van der Waals surface area contributed by atoms with E-state index >= 15 is 0 Å². The molecule has 0 aliphatic rings. The van der Waals surface area contributed by atoms with Crippen molar-refractivity contribution < 1.29 is 35.9 Å². The maximum Gasteiger partial charge on any atom is 0.255 e. The molecular formula is C34H47BrN2O3S. The number of halogens is 1. The summed E-state index contributed by atoms with van der Waals surface area (Å²) in [6, 6.07) is 13.0. The van der Waals surface area contributed by atoms with Crippen molar-refractivity contribution in [3.63, 3.8) is 0 Å². The third kappa shape index (κ3) is 12.1. The second-order valence-corrected chi connectivity index (χ2v) is 11.8. The van der Waals surface area contributed by atoms with E-state index in [1.165, 1.54) is 76.1 Å². The minimum absolute atomic E-state index is 0. The number of nitrogens with one attached hydrogen (secondary N) is 1. The Morgan fingerprint density at radius 2 is 1.46 bits per heavy atom. The molecular weight excluding hydrogens is 596 g/mol. The van der Waals surface area contributed by atoms with Gasteiger partial charge in [-0.15, -0.1) is 0 Å². The predicted molar refractivity (Wildman–Crippen MR) is 166 cm³/mol. The second-order valence-electron chi connectivity index (χ2n) is 10.7. The van der Waals surface area contributed by atoms with E-state index in [0.717, 1.165) is 24.9 Å². The SMILES string of the molecule is CCCCCCCCCCCCCCOc1c(NC(=O)c2ccc(C[n+]3ccsc3C)cc2)cccc1C(C)=O.[Br-]. The smallest absolute Gasteiger partial charge is 0.255 e. The molecule has 1 N–H and O–H groups in total. The van der Waals surface area contributed by atoms with Gasteiger partial charge >= 0.3 is 0 Å². The highest BCUT2D eigenvalue weighted by Gasteiger charge is 2.17. The maximum absolute atomic E-state index is 13.1. The molecule has 224 valence electrons. The number of anilines is 1. The molecule has 0 aliphatic heterocycles. The van der Waals surface area contributed by atoms with Gasteiger partial charge in [0.25, 0.3) is 5.91 Å². The molecule has 7 heteroatoms. The molecule has 3 aromatic rings. The quantitative estimate of drug-likeness (QED) is 0.100. The number of hydrogen-bond donors (Lipinski definition) is 1. The van der Waals surface area contributed by atoms with E-state index in [1.807, 2.05) is 24.3 Å². The average Bonchev–Trinajstić information content (AvgIpc) is 3.35. The van der Waals surface area contributed by atoms with Crippen LogP contribution < -0.4 is 31.6 Å². The van der Waals surface area contributed by atoms with Gasteiger partial charge in [-0.2, -0.15) is 4.57 Å². The number of carbonyl (C=O) groups is 2. The highest BCUT2D eigenvalue weighted by molar-refractivity contribution is 7.09. The molecule has 0 saturated carbocycles. The van der Waals surface area contributed by atoms with Crippen LogP contribution in [0.4, 0.5) is 5.69 Å². The summed E-state index contributed by atoms with van der Waals surface area (Å²) in [6.07, 6.45) is 17.4. The second kappa shape index (κ2) is 19.6. The molecule has 0 unspecified atom stereocenters. The molecule has 1 heterocycles. The number of benzene rings is 2. The first kappa shape index (κ1) is 34.7. The molecule has 41 heavy (non-hydrogen) atoms. The zero-order valence-electron chi connectivity index (χ0n) is 25.1. The number of nitrogens with zero attached hydrogens (tertiary/aromatic N) is 1. The van der Waals surface area contributed by atoms with Gasteiger partial charge in [0, 0.05) is 18.1 Å². The van der Waals surface area contributed by atoms with E-state index in [-0.39, 0.29) is 28.7 Å². The van der Waals surface area contributed by atoms with E-state index in [9.17, 15) is 9.59 Å². The van der Waals surface area contributed by atoms with Gasteiger partial charge in [0.05, 0.1) is 23.2 Å². The molecule has 0 saturated heterocycles. The summed E-state index contributed by atoms with van der Waals surface area (Å²) in [5.41, 5.74) is 2.73. The molecule has 0 aliphatic carbocycles. The number of ether oxygens (including phenoxy) is 1. The summed E-state index contributed by atoms with van der Waals surface area (Å²) in [5, 5.41) is 6.29. The summed E-state index contributed by atoms with van der Waals surface area (Å²) >= 11 is 1.72. The number of carbonyl (C=O) groups excluding carboxylic acids is 2. The number of rotatable bonds is 19. The number of hydrogen-bond acceptors (Lipinski definition) is 4. The zero-order valence-corrected chi connectivity index (χ0v) is 27.5. The van der Waals surface area contributed by atoms with Crippen LogP contribution in [0, 0.1) is 6.92 Å². The molecule has 1 amide bonds. The average molecular weight is 644 g/mol. The Bertz CT molecular complexity index is 1190. The van der Waals surface area contributed by atoms with Gasteiger partial charge in [0.1, 0.15) is 0 Å². The molecule has 0 bridgehead atoms. The third-order valence-corrected chi connectivity index (χ3v) is 8.17. The van der Waals surface area contributed by atoms with E-state index < -0.39 is 0 Å². The Balaban J connectivity index is 0.00000588. The van der Waals surface area contributed by atoms with Gasteiger partial charge in [0.15, 0.2) is 24.3 Å². The van der Waals surface area contributed by atoms with Crippen molar-refractivity contribution in [2.24, 2.45) is 0 Å². The molecule has 0 atom stereocenters. The fourth-order valence-electron chi connectivity index (χ4n) is 4.88. The summed E-state index contributed by atoms with van der Waals surface area (Å²) < 4.78 is 8.30. The number of amides is 1. The van der Waals surface area contributed by atoms with E-state index in [1.54, 1.807) is 29.5 Å². The van der Waals surface area contributed by atoms with E-state index in [4.69, 9.17) is 4.74 Å². The number of aromatic nitrogens is 1. The Kier molecular flexibility index (Phi) is 16.6. The molecule has 3 rings (SSSR count). The monoisotopic (exact) mass is 642 g/mol. The lowest BCUT2D eigenvalue weighted by Crippen LogP contribution is -3.00. The number of ketones is 1. The van der Waals surface area contributed by atoms with Crippen LogP contribution in [0.15, 0.2) is 54.0 Å². The fourth-order valence-corrected chi connectivity index (χ4v) is 5.54. The Morgan fingerprint density at radius 3 is 2.02 bits per heavy atom. The maximum atomic E-state index is 13.1. The minimum atomic E-state index is -0.221. The number of para-hydroxylation sites is 1. The topological polar surface area (TPSA) is 59.3 Å². The van der Waals surface area contributed by atoms with Gasteiger partial charge in [-0.25, -0.2) is 0 Å². The van der Waals surface area contributed by atoms with Crippen molar-refractivity contribution in [3.8, 4) is 5.75 Å². The molecule has 0 radical (unpaired) electrons. The lowest BCUT2D eigenvalue weighted by molar-refractivity contribution is -0.689. The molecule has 1 aromatic heterocycles. The van der Waals surface area contributed by atoms with Gasteiger partial charge in [-0.3, -0.25) is 9.59 Å². The van der Waals surface area contributed by atoms with Crippen LogP contribution in [0.1, 0.15) is 122 Å². The van der Waals surface area contributed by atoms with Crippen LogP contribution >= 0.6 is 11.3 Å². The van der Waals surface area contributed by atoms with Crippen molar-refractivity contribution in [1.82, 2.24) is 0 Å². The Labute approximate surface area is 261 Å². The summed E-state index contributed by atoms with van der Waals surface area (Å²) in [4.78, 5) is 25.4. The highest BCUT2D eigenvalue weighted by atomic mass is 79.9. The number of unbranched alkanes of at least 4 members (excludes halogenated alkanes) is 11. The Hall–Kier alpha value is -2.51. The van der Waals surface area contributed by atoms with E-state index in [2.05, 4.69) is 35.3 Å². The van der Waals surface area contributed by atoms with Crippen LogP contribution in [0.3, 0.4) is 0 Å². The first-order valence-corrected chi connectivity index (χ1v) is 16.0. The van der Waals surface area contributed by atoms with Crippen LogP contribution in [0.5, 0.6) is 5.75 Å². The lowest BCUT2D eigenvalue weighted by Gasteiger charge is -2.15. The minimum Gasteiger partial charge on any atom is -1.00 e. The first-order chi connectivity index (χ1) is 19.5. The molecule has 5 nitrogen and oxygen atoms in total. The fraction of sp³-hybridized carbons (Fsp3) is 0.500. The van der Waals surface area contributed by atoms with Gasteiger partial charge < -0.3 is 27.0 Å². The zero-order chi connectivity index (χ0) is 28.6. The van der Waals surface area contributed by atoms with Crippen molar-refractivity contribution in [2.45, 2.75) is 104 Å². The number of aryl methyl sites for hydroxylation is 1. The lowest BCUT2D eigenvalue weighted by atomic mass is 10.1. The number of thiazole rings is 1. The Morgan fingerprint density at radius 1 is 0.854 bits per heavy atom. The van der Waals surface area contributed by atoms with Gasteiger partial charge in [-0.1, -0.05) is 107 Å².